The van der Waals surface area contributed by atoms with Gasteiger partial charge in [0.05, 0.1) is 12.5 Å². The third-order valence-corrected chi connectivity index (χ3v) is 2.27. The molecule has 0 aromatic carbocycles. The minimum atomic E-state index is -4.17. The lowest BCUT2D eigenvalue weighted by Gasteiger charge is -2.19. The first-order valence-electron chi connectivity index (χ1n) is 4.00. The minimum absolute atomic E-state index is 0.109. The normalized spacial score (nSPS) is 31.2. The van der Waals surface area contributed by atoms with Crippen molar-refractivity contribution in [3.8, 4) is 0 Å². The number of methoxy groups -OCH3 is 1. The molecule has 0 aromatic rings. The van der Waals surface area contributed by atoms with E-state index in [4.69, 9.17) is 10.6 Å². The second-order valence-electron chi connectivity index (χ2n) is 3.32. The number of halogens is 3. The van der Waals surface area contributed by atoms with Crippen LogP contribution in [0, 0.1) is 11.8 Å². The summed E-state index contributed by atoms with van der Waals surface area (Å²) in [5.74, 6) is 3.44. The summed E-state index contributed by atoms with van der Waals surface area (Å²) in [6, 6.07) is 0. The van der Waals surface area contributed by atoms with Gasteiger partial charge in [-0.05, 0) is 0 Å². The molecular formula is C7H13F3N2O. The van der Waals surface area contributed by atoms with Gasteiger partial charge in [0.15, 0.2) is 0 Å². The molecule has 0 aromatic heterocycles. The van der Waals surface area contributed by atoms with E-state index < -0.39 is 18.0 Å². The molecule has 1 aliphatic heterocycles. The predicted molar refractivity (Wildman–Crippen MR) is 40.7 cm³/mol. The zero-order valence-electron chi connectivity index (χ0n) is 7.34. The van der Waals surface area contributed by atoms with Crippen molar-refractivity contribution in [2.75, 3.05) is 26.8 Å². The zero-order chi connectivity index (χ0) is 10.1. The van der Waals surface area contributed by atoms with Crippen molar-refractivity contribution in [3.05, 3.63) is 0 Å². The molecule has 0 amide bonds. The Morgan fingerprint density at radius 1 is 1.46 bits per heavy atom. The molecule has 13 heavy (non-hydrogen) atoms. The second kappa shape index (κ2) is 3.81. The molecule has 0 saturated carbocycles. The van der Waals surface area contributed by atoms with Crippen LogP contribution < -0.4 is 5.84 Å². The van der Waals surface area contributed by atoms with E-state index in [1.54, 1.807) is 0 Å². The Kier molecular flexibility index (Phi) is 3.15. The Morgan fingerprint density at radius 2 is 2.08 bits per heavy atom. The zero-order valence-corrected chi connectivity index (χ0v) is 7.34. The van der Waals surface area contributed by atoms with Crippen molar-refractivity contribution in [2.24, 2.45) is 17.7 Å². The Bertz CT molecular complexity index is 174. The summed E-state index contributed by atoms with van der Waals surface area (Å²) < 4.78 is 41.8. The molecule has 6 heteroatoms. The number of hydrazine groups is 1. The molecule has 0 radical (unpaired) electrons. The average Bonchev–Trinajstić information content (AvgIpc) is 2.30. The van der Waals surface area contributed by atoms with Gasteiger partial charge in [0.25, 0.3) is 0 Å². The van der Waals surface area contributed by atoms with Gasteiger partial charge in [-0.3, -0.25) is 5.84 Å². The molecular weight excluding hydrogens is 185 g/mol. The summed E-state index contributed by atoms with van der Waals surface area (Å²) in [4.78, 5) is 0. The largest absolute Gasteiger partial charge is 0.393 e. The fraction of sp³-hybridized carbons (Fsp3) is 1.00. The van der Waals surface area contributed by atoms with Gasteiger partial charge in [0, 0.05) is 26.1 Å². The van der Waals surface area contributed by atoms with Gasteiger partial charge >= 0.3 is 6.18 Å². The van der Waals surface area contributed by atoms with Gasteiger partial charge in [-0.2, -0.15) is 13.2 Å². The number of nitrogens with zero attached hydrogens (tertiary/aromatic N) is 1. The number of rotatable bonds is 2. The highest BCUT2D eigenvalue weighted by molar-refractivity contribution is 4.85. The molecule has 1 saturated heterocycles. The summed E-state index contributed by atoms with van der Waals surface area (Å²) in [5, 5.41) is 1.20. The Balaban J connectivity index is 2.60. The van der Waals surface area contributed by atoms with Crippen LogP contribution in [-0.2, 0) is 4.74 Å². The van der Waals surface area contributed by atoms with E-state index in [0.29, 0.717) is 0 Å². The monoisotopic (exact) mass is 198 g/mol. The highest BCUT2D eigenvalue weighted by Gasteiger charge is 2.48. The highest BCUT2D eigenvalue weighted by Crippen LogP contribution is 2.36. The maximum absolute atomic E-state index is 12.4. The molecule has 2 N–H and O–H groups in total. The Hall–Kier alpha value is -0.330. The van der Waals surface area contributed by atoms with Crippen LogP contribution in [0.25, 0.3) is 0 Å². The number of ether oxygens (including phenoxy) is 1. The molecule has 1 aliphatic rings. The van der Waals surface area contributed by atoms with E-state index in [9.17, 15) is 13.2 Å². The molecule has 1 fully saturated rings. The quantitative estimate of drug-likeness (QED) is 0.661. The van der Waals surface area contributed by atoms with Crippen molar-refractivity contribution in [1.29, 1.82) is 0 Å². The van der Waals surface area contributed by atoms with E-state index in [1.807, 2.05) is 0 Å². The van der Waals surface area contributed by atoms with Crippen LogP contribution in [0.15, 0.2) is 0 Å². The van der Waals surface area contributed by atoms with E-state index in [1.165, 1.54) is 12.1 Å². The lowest BCUT2D eigenvalue weighted by molar-refractivity contribution is -0.183. The lowest BCUT2D eigenvalue weighted by atomic mass is 9.96. The van der Waals surface area contributed by atoms with Gasteiger partial charge in [0.2, 0.25) is 0 Å². The number of hydrogen-bond donors (Lipinski definition) is 1. The van der Waals surface area contributed by atoms with Crippen LogP contribution in [0.5, 0.6) is 0 Å². The maximum atomic E-state index is 12.4. The van der Waals surface area contributed by atoms with E-state index in [0.717, 1.165) is 0 Å². The average molecular weight is 198 g/mol. The summed E-state index contributed by atoms with van der Waals surface area (Å²) >= 11 is 0. The Morgan fingerprint density at radius 3 is 2.54 bits per heavy atom. The first kappa shape index (κ1) is 10.7. The van der Waals surface area contributed by atoms with Gasteiger partial charge in [0.1, 0.15) is 0 Å². The van der Waals surface area contributed by atoms with E-state index >= 15 is 0 Å². The first-order valence-corrected chi connectivity index (χ1v) is 4.00. The van der Waals surface area contributed by atoms with Gasteiger partial charge in [-0.15, -0.1) is 0 Å². The third-order valence-electron chi connectivity index (χ3n) is 2.27. The summed E-state index contributed by atoms with van der Waals surface area (Å²) in [7, 11) is 1.40. The molecule has 3 nitrogen and oxygen atoms in total. The second-order valence-corrected chi connectivity index (χ2v) is 3.32. The third kappa shape index (κ3) is 2.55. The van der Waals surface area contributed by atoms with Gasteiger partial charge in [-0.1, -0.05) is 0 Å². The number of hydrogen-bond acceptors (Lipinski definition) is 3. The summed E-state index contributed by atoms with van der Waals surface area (Å²) in [6.07, 6.45) is -4.17. The SMILES string of the molecule is COCC1CN(N)CC1C(F)(F)F. The molecule has 2 atom stereocenters. The van der Waals surface area contributed by atoms with Crippen molar-refractivity contribution in [2.45, 2.75) is 6.18 Å². The van der Waals surface area contributed by atoms with Gasteiger partial charge in [-0.25, -0.2) is 5.01 Å². The van der Waals surface area contributed by atoms with Crippen molar-refractivity contribution >= 4 is 0 Å². The van der Waals surface area contributed by atoms with E-state index in [-0.39, 0.29) is 19.7 Å². The lowest BCUT2D eigenvalue weighted by Crippen LogP contribution is -2.32. The molecule has 78 valence electrons. The molecule has 0 spiro atoms. The van der Waals surface area contributed by atoms with Crippen molar-refractivity contribution in [1.82, 2.24) is 5.01 Å². The van der Waals surface area contributed by atoms with Crippen LogP contribution in [-0.4, -0.2) is 38.0 Å². The highest BCUT2D eigenvalue weighted by atomic mass is 19.4. The fourth-order valence-electron chi connectivity index (χ4n) is 1.66. The predicted octanol–water partition coefficient (Wildman–Crippen LogP) is 0.617. The number of nitrogens with two attached hydrogens (primary N) is 1. The van der Waals surface area contributed by atoms with E-state index in [2.05, 4.69) is 0 Å². The number of alkyl halides is 3. The topological polar surface area (TPSA) is 38.5 Å². The molecule has 0 bridgehead atoms. The molecule has 0 aliphatic carbocycles. The minimum Gasteiger partial charge on any atom is -0.384 e. The maximum Gasteiger partial charge on any atom is 0.393 e. The Labute approximate surface area is 74.6 Å². The summed E-state index contributed by atoms with van der Waals surface area (Å²) in [5.41, 5.74) is 0. The molecule has 2 unspecified atom stereocenters. The van der Waals surface area contributed by atoms with Crippen molar-refractivity contribution < 1.29 is 17.9 Å². The van der Waals surface area contributed by atoms with Crippen LogP contribution in [0.2, 0.25) is 0 Å². The van der Waals surface area contributed by atoms with Crippen LogP contribution in [0.4, 0.5) is 13.2 Å². The smallest absolute Gasteiger partial charge is 0.384 e. The molecule has 1 rings (SSSR count). The van der Waals surface area contributed by atoms with Crippen LogP contribution in [0.1, 0.15) is 0 Å². The standard InChI is InChI=1S/C7H13F3N2O/c1-13-4-5-2-12(11)3-6(5)7(8,9)10/h5-6H,2-4,11H2,1H3. The summed E-state index contributed by atoms with van der Waals surface area (Å²) in [6.45, 7) is 0.230. The fourth-order valence-corrected chi connectivity index (χ4v) is 1.66. The van der Waals surface area contributed by atoms with Crippen LogP contribution in [0.3, 0.4) is 0 Å². The van der Waals surface area contributed by atoms with Crippen molar-refractivity contribution in [3.63, 3.8) is 0 Å². The molecule has 1 heterocycles. The van der Waals surface area contributed by atoms with Gasteiger partial charge < -0.3 is 4.74 Å². The first-order chi connectivity index (χ1) is 5.95. The van der Waals surface area contributed by atoms with Crippen LogP contribution >= 0.6 is 0 Å².